The van der Waals surface area contributed by atoms with Crippen molar-refractivity contribution in [2.75, 3.05) is 26.1 Å². The van der Waals surface area contributed by atoms with Gasteiger partial charge in [0, 0.05) is 5.88 Å². The van der Waals surface area contributed by atoms with Crippen LogP contribution in [-0.4, -0.2) is 26.1 Å². The first kappa shape index (κ1) is 14.3. The minimum Gasteiger partial charge on any atom is -0.496 e. The van der Waals surface area contributed by atoms with Gasteiger partial charge in [-0.15, -0.1) is 11.6 Å². The van der Waals surface area contributed by atoms with Crippen molar-refractivity contribution in [2.45, 2.75) is 26.7 Å². The number of benzene rings is 1. The molecule has 17 heavy (non-hydrogen) atoms. The lowest BCUT2D eigenvalue weighted by Crippen LogP contribution is -2.19. The molecular weight excluding hydrogens is 234 g/mol. The van der Waals surface area contributed by atoms with Gasteiger partial charge in [-0.25, -0.2) is 0 Å². The molecule has 0 amide bonds. The molecule has 2 nitrogen and oxygen atoms in total. The molecule has 3 heteroatoms. The standard InChI is InChI=1S/C14H22ClNO/c1-11-10-14(17-3)12(2)9-13(11)5-8-16-7-4-6-15/h9-10,16H,4-8H2,1-3H3. The first-order valence-electron chi connectivity index (χ1n) is 6.09. The smallest absolute Gasteiger partial charge is 0.122 e. The molecule has 0 aliphatic heterocycles. The molecule has 0 aromatic heterocycles. The summed E-state index contributed by atoms with van der Waals surface area (Å²) >= 11 is 5.62. The fourth-order valence-corrected chi connectivity index (χ4v) is 2.01. The van der Waals surface area contributed by atoms with Gasteiger partial charge in [0.15, 0.2) is 0 Å². The van der Waals surface area contributed by atoms with E-state index in [0.29, 0.717) is 0 Å². The summed E-state index contributed by atoms with van der Waals surface area (Å²) < 4.78 is 5.31. The van der Waals surface area contributed by atoms with Crippen LogP contribution < -0.4 is 10.1 Å². The van der Waals surface area contributed by atoms with Gasteiger partial charge in [-0.1, -0.05) is 6.07 Å². The molecule has 1 N–H and O–H groups in total. The highest BCUT2D eigenvalue weighted by molar-refractivity contribution is 6.17. The molecule has 1 aromatic rings. The summed E-state index contributed by atoms with van der Waals surface area (Å²) in [5.41, 5.74) is 3.89. The van der Waals surface area contributed by atoms with E-state index in [-0.39, 0.29) is 0 Å². The Morgan fingerprint density at radius 2 is 1.94 bits per heavy atom. The van der Waals surface area contributed by atoms with E-state index in [0.717, 1.165) is 37.6 Å². The second-order valence-electron chi connectivity index (χ2n) is 4.29. The summed E-state index contributed by atoms with van der Waals surface area (Å²) in [4.78, 5) is 0. The van der Waals surface area contributed by atoms with Crippen LogP contribution in [0, 0.1) is 13.8 Å². The summed E-state index contributed by atoms with van der Waals surface area (Å²) in [6, 6.07) is 4.33. The fourth-order valence-electron chi connectivity index (χ4n) is 1.88. The van der Waals surface area contributed by atoms with Crippen LogP contribution in [0.4, 0.5) is 0 Å². The minimum atomic E-state index is 0.730. The molecule has 1 rings (SSSR count). The number of rotatable bonds is 7. The Hall–Kier alpha value is -0.730. The zero-order valence-electron chi connectivity index (χ0n) is 11.0. The molecular formula is C14H22ClNO. The number of hydrogen-bond acceptors (Lipinski definition) is 2. The lowest BCUT2D eigenvalue weighted by atomic mass is 10.0. The first-order valence-corrected chi connectivity index (χ1v) is 6.63. The molecule has 0 heterocycles. The maximum Gasteiger partial charge on any atom is 0.122 e. The fraction of sp³-hybridized carbons (Fsp3) is 0.571. The molecule has 0 saturated heterocycles. The Bertz CT molecular complexity index is 352. The van der Waals surface area contributed by atoms with Crippen molar-refractivity contribution in [3.8, 4) is 5.75 Å². The molecule has 0 aliphatic carbocycles. The van der Waals surface area contributed by atoms with Crippen LogP contribution in [0.3, 0.4) is 0 Å². The third-order valence-electron chi connectivity index (χ3n) is 2.91. The van der Waals surface area contributed by atoms with E-state index in [1.807, 2.05) is 0 Å². The van der Waals surface area contributed by atoms with E-state index in [9.17, 15) is 0 Å². The third kappa shape index (κ3) is 4.57. The van der Waals surface area contributed by atoms with Gasteiger partial charge in [0.25, 0.3) is 0 Å². The number of nitrogens with one attached hydrogen (secondary N) is 1. The van der Waals surface area contributed by atoms with Gasteiger partial charge in [0.05, 0.1) is 7.11 Å². The van der Waals surface area contributed by atoms with Gasteiger partial charge in [0.2, 0.25) is 0 Å². The number of ether oxygens (including phenoxy) is 1. The monoisotopic (exact) mass is 255 g/mol. The Morgan fingerprint density at radius 1 is 1.18 bits per heavy atom. The van der Waals surface area contributed by atoms with Gasteiger partial charge in [-0.3, -0.25) is 0 Å². The number of hydrogen-bond donors (Lipinski definition) is 1. The van der Waals surface area contributed by atoms with Crippen LogP contribution in [0.15, 0.2) is 12.1 Å². The van der Waals surface area contributed by atoms with Gasteiger partial charge >= 0.3 is 0 Å². The van der Waals surface area contributed by atoms with E-state index in [1.54, 1.807) is 7.11 Å². The molecule has 96 valence electrons. The van der Waals surface area contributed by atoms with Crippen molar-refractivity contribution in [3.63, 3.8) is 0 Å². The Morgan fingerprint density at radius 3 is 2.59 bits per heavy atom. The predicted molar refractivity (Wildman–Crippen MR) is 74.4 cm³/mol. The van der Waals surface area contributed by atoms with Crippen LogP contribution in [0.5, 0.6) is 5.75 Å². The van der Waals surface area contributed by atoms with Gasteiger partial charge in [-0.05, 0) is 62.5 Å². The lowest BCUT2D eigenvalue weighted by molar-refractivity contribution is 0.411. The van der Waals surface area contributed by atoms with Crippen molar-refractivity contribution in [2.24, 2.45) is 0 Å². The van der Waals surface area contributed by atoms with E-state index >= 15 is 0 Å². The largest absolute Gasteiger partial charge is 0.496 e. The van der Waals surface area contributed by atoms with Crippen molar-refractivity contribution in [1.29, 1.82) is 0 Å². The zero-order chi connectivity index (χ0) is 12.7. The number of methoxy groups -OCH3 is 1. The van der Waals surface area contributed by atoms with Crippen molar-refractivity contribution < 1.29 is 4.74 Å². The molecule has 1 aromatic carbocycles. The molecule has 0 aliphatic rings. The first-order chi connectivity index (χ1) is 8.19. The molecule has 0 spiro atoms. The van der Waals surface area contributed by atoms with Crippen LogP contribution in [0.1, 0.15) is 23.1 Å². The van der Waals surface area contributed by atoms with Crippen molar-refractivity contribution >= 4 is 11.6 Å². The van der Waals surface area contributed by atoms with Crippen molar-refractivity contribution in [1.82, 2.24) is 5.32 Å². The highest BCUT2D eigenvalue weighted by atomic mass is 35.5. The highest BCUT2D eigenvalue weighted by Gasteiger charge is 2.04. The summed E-state index contributed by atoms with van der Waals surface area (Å²) in [6.07, 6.45) is 2.08. The van der Waals surface area contributed by atoms with Crippen molar-refractivity contribution in [3.05, 3.63) is 28.8 Å². The average molecular weight is 256 g/mol. The maximum atomic E-state index is 5.62. The van der Waals surface area contributed by atoms with E-state index in [4.69, 9.17) is 16.3 Å². The van der Waals surface area contributed by atoms with Gasteiger partial charge in [-0.2, -0.15) is 0 Å². The maximum absolute atomic E-state index is 5.62. The molecule has 0 atom stereocenters. The molecule has 0 unspecified atom stereocenters. The summed E-state index contributed by atoms with van der Waals surface area (Å²) in [7, 11) is 1.72. The highest BCUT2D eigenvalue weighted by Crippen LogP contribution is 2.22. The SMILES string of the molecule is COc1cc(C)c(CCNCCCCl)cc1C. The Balaban J connectivity index is 2.51. The number of halogens is 1. The summed E-state index contributed by atoms with van der Waals surface area (Å²) in [5, 5.41) is 3.39. The minimum absolute atomic E-state index is 0.730. The zero-order valence-corrected chi connectivity index (χ0v) is 11.7. The quantitative estimate of drug-likeness (QED) is 0.597. The molecule has 0 radical (unpaired) electrons. The summed E-state index contributed by atoms with van der Waals surface area (Å²) in [5.74, 6) is 1.70. The van der Waals surface area contributed by atoms with Gasteiger partial charge < -0.3 is 10.1 Å². The Labute approximate surface area is 109 Å². The van der Waals surface area contributed by atoms with E-state index < -0.39 is 0 Å². The second kappa shape index (κ2) is 7.57. The predicted octanol–water partition coefficient (Wildman–Crippen LogP) is 3.07. The van der Waals surface area contributed by atoms with Crippen LogP contribution >= 0.6 is 11.6 Å². The van der Waals surface area contributed by atoms with Crippen LogP contribution in [0.25, 0.3) is 0 Å². The molecule has 0 fully saturated rings. The van der Waals surface area contributed by atoms with Gasteiger partial charge in [0.1, 0.15) is 5.75 Å². The molecule has 0 saturated carbocycles. The van der Waals surface area contributed by atoms with E-state index in [2.05, 4.69) is 31.3 Å². The van der Waals surface area contributed by atoms with Crippen LogP contribution in [-0.2, 0) is 6.42 Å². The van der Waals surface area contributed by atoms with E-state index in [1.165, 1.54) is 16.7 Å². The Kier molecular flexibility index (Phi) is 6.38. The van der Waals surface area contributed by atoms with Crippen LogP contribution in [0.2, 0.25) is 0 Å². The number of alkyl halides is 1. The normalized spacial score (nSPS) is 10.6. The average Bonchev–Trinajstić information content (AvgIpc) is 2.32. The summed E-state index contributed by atoms with van der Waals surface area (Å²) in [6.45, 7) is 6.22. The second-order valence-corrected chi connectivity index (χ2v) is 4.67. The molecule has 0 bridgehead atoms. The topological polar surface area (TPSA) is 21.3 Å². The lowest BCUT2D eigenvalue weighted by Gasteiger charge is -2.11. The number of aryl methyl sites for hydroxylation is 2. The third-order valence-corrected chi connectivity index (χ3v) is 3.18.